The Morgan fingerprint density at radius 3 is 1.60 bits per heavy atom. The molecule has 0 heterocycles. The first-order valence-corrected chi connectivity index (χ1v) is 6.55. The van der Waals surface area contributed by atoms with Crippen LogP contribution in [0.15, 0.2) is 0 Å². The van der Waals surface area contributed by atoms with Gasteiger partial charge in [-0.15, -0.1) is 0 Å². The summed E-state index contributed by atoms with van der Waals surface area (Å²) < 4.78 is 1.14. The van der Waals surface area contributed by atoms with Crippen molar-refractivity contribution in [2.24, 2.45) is 0 Å². The molecule has 10 heavy (non-hydrogen) atoms. The van der Waals surface area contributed by atoms with E-state index in [0.29, 0.717) is 0 Å². The van der Waals surface area contributed by atoms with Gasteiger partial charge >= 0.3 is 78.3 Å². The van der Waals surface area contributed by atoms with E-state index in [4.69, 9.17) is 0 Å². The van der Waals surface area contributed by atoms with Gasteiger partial charge in [0.2, 0.25) is 0 Å². The standard InChI is InChI=1S/C9H17.Sb.2H/c1-2-4-6-8-9-7-5-3-1;;;/h1H,2-9H2;;;. The van der Waals surface area contributed by atoms with Gasteiger partial charge in [-0.1, -0.05) is 0 Å². The molecule has 1 aliphatic rings. The van der Waals surface area contributed by atoms with E-state index in [1.54, 1.807) is 12.8 Å². The topological polar surface area (TPSA) is 0 Å². The zero-order chi connectivity index (χ0) is 7.23. The Hall–Kier alpha value is 0.818. The molecule has 60 valence electrons. The van der Waals surface area contributed by atoms with Gasteiger partial charge in [-0.25, -0.2) is 0 Å². The van der Waals surface area contributed by atoms with E-state index < -0.39 is 0 Å². The molecule has 0 aromatic heterocycles. The van der Waals surface area contributed by atoms with Crippen LogP contribution < -0.4 is 0 Å². The third kappa shape index (κ3) is 3.86. The fraction of sp³-hybridized carbons (Fsp3) is 1.00. The van der Waals surface area contributed by atoms with Gasteiger partial charge in [-0.05, 0) is 0 Å². The Morgan fingerprint density at radius 1 is 0.700 bits per heavy atom. The second kappa shape index (κ2) is 5.47. The van der Waals surface area contributed by atoms with Crippen molar-refractivity contribution in [1.82, 2.24) is 0 Å². The molecule has 0 nitrogen and oxygen atoms in total. The van der Waals surface area contributed by atoms with Crippen LogP contribution in [0.1, 0.15) is 51.4 Å². The van der Waals surface area contributed by atoms with E-state index in [9.17, 15) is 0 Å². The van der Waals surface area contributed by atoms with Gasteiger partial charge in [0.1, 0.15) is 0 Å². The molecule has 1 fully saturated rings. The summed E-state index contributed by atoms with van der Waals surface area (Å²) in [5.74, 6) is 0. The van der Waals surface area contributed by atoms with E-state index in [1.165, 1.54) is 61.5 Å². The van der Waals surface area contributed by atoms with Crippen LogP contribution in [0.25, 0.3) is 0 Å². The summed E-state index contributed by atoms with van der Waals surface area (Å²) in [6, 6.07) is 0. The molecule has 1 aliphatic carbocycles. The van der Waals surface area contributed by atoms with Gasteiger partial charge in [0.05, 0.1) is 0 Å². The molecule has 0 N–H and O–H groups in total. The van der Waals surface area contributed by atoms with Gasteiger partial charge in [0.25, 0.3) is 0 Å². The normalized spacial score (nSPS) is 24.9. The monoisotopic (exact) mass is 248 g/mol. The van der Waals surface area contributed by atoms with Crippen molar-refractivity contribution in [3.63, 3.8) is 0 Å². The molecule has 0 aromatic rings. The minimum absolute atomic E-state index is 1.14. The van der Waals surface area contributed by atoms with E-state index >= 15 is 0 Å². The van der Waals surface area contributed by atoms with Gasteiger partial charge in [-0.3, -0.25) is 0 Å². The van der Waals surface area contributed by atoms with Crippen molar-refractivity contribution >= 4 is 23.0 Å². The molecule has 0 aromatic carbocycles. The maximum atomic E-state index is 1.54. The van der Waals surface area contributed by atoms with E-state index in [1.807, 2.05) is 0 Å². The molecule has 0 spiro atoms. The summed E-state index contributed by atoms with van der Waals surface area (Å²) in [4.78, 5) is 0. The summed E-state index contributed by atoms with van der Waals surface area (Å²) in [5, 5.41) is 0. The fourth-order valence-corrected chi connectivity index (χ4v) is 3.01. The minimum atomic E-state index is 1.14. The summed E-state index contributed by atoms with van der Waals surface area (Å²) in [5.41, 5.74) is 0. The maximum absolute atomic E-state index is 1.54. The molecule has 0 atom stereocenters. The zero-order valence-corrected chi connectivity index (χ0v) is 10.1. The summed E-state index contributed by atoms with van der Waals surface area (Å²) in [7, 11) is 0. The van der Waals surface area contributed by atoms with Crippen molar-refractivity contribution in [3.8, 4) is 0 Å². The summed E-state index contributed by atoms with van der Waals surface area (Å²) in [6.07, 6.45) is 12.2. The average molecular weight is 249 g/mol. The van der Waals surface area contributed by atoms with Crippen molar-refractivity contribution in [2.45, 2.75) is 55.2 Å². The quantitative estimate of drug-likeness (QED) is 0.579. The van der Waals surface area contributed by atoms with E-state index in [2.05, 4.69) is 0 Å². The predicted octanol–water partition coefficient (Wildman–Crippen LogP) is 2.54. The SMILES string of the molecule is [SbH2][CH]1CCCCCCCC1. The molecule has 0 aliphatic heterocycles. The Morgan fingerprint density at radius 2 is 1.10 bits per heavy atom. The zero-order valence-electron chi connectivity index (χ0n) is 6.81. The van der Waals surface area contributed by atoms with Gasteiger partial charge in [-0.2, -0.15) is 0 Å². The van der Waals surface area contributed by atoms with Crippen LogP contribution >= 0.6 is 0 Å². The van der Waals surface area contributed by atoms with E-state index in [-0.39, 0.29) is 0 Å². The molecule has 0 saturated heterocycles. The van der Waals surface area contributed by atoms with Gasteiger partial charge in [0, 0.05) is 0 Å². The first-order valence-electron chi connectivity index (χ1n) is 4.65. The van der Waals surface area contributed by atoms with Crippen LogP contribution in [0.5, 0.6) is 0 Å². The molecular formula is C9H19Sb. The number of hydrogen-bond acceptors (Lipinski definition) is 0. The second-order valence-electron chi connectivity index (χ2n) is 3.46. The van der Waals surface area contributed by atoms with Crippen LogP contribution in [0, 0.1) is 0 Å². The van der Waals surface area contributed by atoms with Crippen molar-refractivity contribution in [3.05, 3.63) is 0 Å². The molecule has 1 saturated carbocycles. The van der Waals surface area contributed by atoms with Crippen LogP contribution in [-0.4, -0.2) is 23.0 Å². The Kier molecular flexibility index (Phi) is 4.87. The molecule has 0 bridgehead atoms. The van der Waals surface area contributed by atoms with Gasteiger partial charge in [0.15, 0.2) is 0 Å². The molecule has 1 rings (SSSR count). The molecule has 0 radical (unpaired) electrons. The van der Waals surface area contributed by atoms with Crippen LogP contribution in [0.2, 0.25) is 3.86 Å². The first-order chi connectivity index (χ1) is 4.89. The fourth-order valence-electron chi connectivity index (χ4n) is 1.66. The van der Waals surface area contributed by atoms with Crippen LogP contribution in [-0.2, 0) is 0 Å². The number of rotatable bonds is 0. The molecular weight excluding hydrogens is 230 g/mol. The van der Waals surface area contributed by atoms with Crippen LogP contribution in [0.3, 0.4) is 0 Å². The second-order valence-corrected chi connectivity index (χ2v) is 6.15. The molecule has 1 heteroatoms. The number of hydrogen-bond donors (Lipinski definition) is 0. The molecule has 0 unspecified atom stereocenters. The van der Waals surface area contributed by atoms with Gasteiger partial charge < -0.3 is 0 Å². The third-order valence-electron chi connectivity index (χ3n) is 2.40. The van der Waals surface area contributed by atoms with Crippen molar-refractivity contribution in [1.29, 1.82) is 0 Å². The van der Waals surface area contributed by atoms with Crippen molar-refractivity contribution < 1.29 is 0 Å². The summed E-state index contributed by atoms with van der Waals surface area (Å²) >= 11 is 1.51. The average Bonchev–Trinajstić information content (AvgIpc) is 2.02. The van der Waals surface area contributed by atoms with Crippen LogP contribution in [0.4, 0.5) is 0 Å². The van der Waals surface area contributed by atoms with E-state index in [0.717, 1.165) is 3.86 Å². The first kappa shape index (κ1) is 8.91. The third-order valence-corrected chi connectivity index (χ3v) is 4.30. The molecule has 0 amide bonds. The summed E-state index contributed by atoms with van der Waals surface area (Å²) in [6.45, 7) is 0. The Labute approximate surface area is 78.3 Å². The predicted molar refractivity (Wildman–Crippen MR) is 49.2 cm³/mol. The Bertz CT molecular complexity index is 70.8. The van der Waals surface area contributed by atoms with Crippen molar-refractivity contribution in [2.75, 3.05) is 0 Å². The Balaban J connectivity index is 2.15.